The predicted molar refractivity (Wildman–Crippen MR) is 75.0 cm³/mol. The van der Waals surface area contributed by atoms with E-state index in [1.54, 1.807) is 7.05 Å². The van der Waals surface area contributed by atoms with Crippen molar-refractivity contribution in [3.63, 3.8) is 0 Å². The van der Waals surface area contributed by atoms with Crippen LogP contribution in [0.15, 0.2) is 12.1 Å². The van der Waals surface area contributed by atoms with E-state index in [-0.39, 0.29) is 24.2 Å². The first kappa shape index (κ1) is 15.7. The molecule has 0 aliphatic carbocycles. The van der Waals surface area contributed by atoms with Gasteiger partial charge >= 0.3 is 0 Å². The number of methoxy groups -OCH3 is 1. The average Bonchev–Trinajstić information content (AvgIpc) is 2.50. The Kier molecular flexibility index (Phi) is 5.12. The van der Waals surface area contributed by atoms with Crippen LogP contribution in [0.5, 0.6) is 5.75 Å². The molecule has 0 aromatic heterocycles. The molecule has 116 valence electrons. The van der Waals surface area contributed by atoms with Gasteiger partial charge in [-0.2, -0.15) is 0 Å². The molecule has 1 heterocycles. The quantitative estimate of drug-likeness (QED) is 0.925. The van der Waals surface area contributed by atoms with E-state index in [1.807, 2.05) is 4.90 Å². The van der Waals surface area contributed by atoms with Crippen LogP contribution in [0.2, 0.25) is 0 Å². The number of carbonyl (C=O) groups is 1. The van der Waals surface area contributed by atoms with E-state index in [0.29, 0.717) is 5.56 Å². The highest BCUT2D eigenvalue weighted by Gasteiger charge is 2.29. The van der Waals surface area contributed by atoms with Crippen LogP contribution < -0.4 is 10.1 Å². The van der Waals surface area contributed by atoms with Gasteiger partial charge in [0.1, 0.15) is 0 Å². The number of rotatable bonds is 4. The van der Waals surface area contributed by atoms with Crippen LogP contribution in [0.4, 0.5) is 8.78 Å². The number of likely N-dealkylation sites (tertiary alicyclic amines) is 1. The molecule has 1 N–H and O–H groups in total. The van der Waals surface area contributed by atoms with E-state index >= 15 is 0 Å². The number of benzene rings is 1. The van der Waals surface area contributed by atoms with Crippen LogP contribution in [0.1, 0.15) is 24.8 Å². The minimum atomic E-state index is -0.722. The molecule has 21 heavy (non-hydrogen) atoms. The lowest BCUT2D eigenvalue weighted by molar-refractivity contribution is -0.127. The molecule has 4 nitrogen and oxygen atoms in total. The van der Waals surface area contributed by atoms with E-state index in [2.05, 4.69) is 5.32 Å². The zero-order valence-electron chi connectivity index (χ0n) is 12.3. The van der Waals surface area contributed by atoms with E-state index in [9.17, 15) is 13.6 Å². The third-order valence-corrected chi connectivity index (χ3v) is 3.87. The number of nitrogens with zero attached hydrogens (tertiary/aromatic N) is 1. The number of ether oxygens (including phenoxy) is 1. The summed E-state index contributed by atoms with van der Waals surface area (Å²) in [6, 6.07) is 2.33. The molecule has 1 aliphatic rings. The van der Waals surface area contributed by atoms with Crippen molar-refractivity contribution >= 4 is 5.91 Å². The molecule has 6 heteroatoms. The maximum absolute atomic E-state index is 14.2. The summed E-state index contributed by atoms with van der Waals surface area (Å²) in [4.78, 5) is 13.8. The summed E-state index contributed by atoms with van der Waals surface area (Å²) in [6.07, 6.45) is 2.69. The Balaban J connectivity index is 2.21. The van der Waals surface area contributed by atoms with Crippen molar-refractivity contribution in [1.29, 1.82) is 0 Å². The number of hydrogen-bond donors (Lipinski definition) is 1. The fourth-order valence-electron chi connectivity index (χ4n) is 2.75. The van der Waals surface area contributed by atoms with Crippen molar-refractivity contribution in [2.45, 2.75) is 31.8 Å². The van der Waals surface area contributed by atoms with E-state index in [1.165, 1.54) is 19.2 Å². The lowest BCUT2D eigenvalue weighted by Gasteiger charge is -2.34. The van der Waals surface area contributed by atoms with E-state index < -0.39 is 11.6 Å². The standard InChI is InChI=1S/C15H20F2N2O2/c1-18-15(20)12-5-3-4-8-19(12)9-10-6-7-11(16)14(21-2)13(10)17/h6-7,12H,3-5,8-9H2,1-2H3,(H,18,20)/t12-/m1/s1. The number of amides is 1. The number of piperidine rings is 1. The number of likely N-dealkylation sites (N-methyl/N-ethyl adjacent to an activating group) is 1. The Bertz CT molecular complexity index is 523. The van der Waals surface area contributed by atoms with Crippen molar-refractivity contribution in [2.24, 2.45) is 0 Å². The smallest absolute Gasteiger partial charge is 0.237 e. The Morgan fingerprint density at radius 1 is 1.43 bits per heavy atom. The van der Waals surface area contributed by atoms with Crippen molar-refractivity contribution in [3.05, 3.63) is 29.3 Å². The van der Waals surface area contributed by atoms with Gasteiger partial charge in [-0.3, -0.25) is 9.69 Å². The van der Waals surface area contributed by atoms with Gasteiger partial charge < -0.3 is 10.1 Å². The van der Waals surface area contributed by atoms with Gasteiger partial charge in [0, 0.05) is 19.2 Å². The Morgan fingerprint density at radius 2 is 2.19 bits per heavy atom. The highest BCUT2D eigenvalue weighted by atomic mass is 19.1. The second-order valence-electron chi connectivity index (χ2n) is 5.15. The van der Waals surface area contributed by atoms with Crippen LogP contribution >= 0.6 is 0 Å². The van der Waals surface area contributed by atoms with Gasteiger partial charge in [-0.15, -0.1) is 0 Å². The van der Waals surface area contributed by atoms with Gasteiger partial charge in [0.15, 0.2) is 17.4 Å². The van der Waals surface area contributed by atoms with E-state index in [0.717, 1.165) is 25.8 Å². The van der Waals surface area contributed by atoms with Crippen LogP contribution in [0.3, 0.4) is 0 Å². The first-order chi connectivity index (χ1) is 10.1. The second-order valence-corrected chi connectivity index (χ2v) is 5.15. The minimum absolute atomic E-state index is 0.0656. The molecular formula is C15H20F2N2O2. The maximum atomic E-state index is 14.2. The Morgan fingerprint density at radius 3 is 2.86 bits per heavy atom. The molecule has 1 aromatic carbocycles. The largest absolute Gasteiger partial charge is 0.491 e. The number of nitrogens with one attached hydrogen (secondary N) is 1. The lowest BCUT2D eigenvalue weighted by Crippen LogP contribution is -2.48. The van der Waals surface area contributed by atoms with Gasteiger partial charge in [-0.05, 0) is 25.5 Å². The molecule has 0 spiro atoms. The van der Waals surface area contributed by atoms with Gasteiger partial charge in [0.05, 0.1) is 13.2 Å². The molecule has 0 bridgehead atoms. The summed E-state index contributed by atoms with van der Waals surface area (Å²) in [6.45, 7) is 0.984. The van der Waals surface area contributed by atoms with Crippen LogP contribution in [0.25, 0.3) is 0 Å². The molecule has 1 aromatic rings. The van der Waals surface area contributed by atoms with Crippen molar-refractivity contribution in [2.75, 3.05) is 20.7 Å². The van der Waals surface area contributed by atoms with E-state index in [4.69, 9.17) is 4.74 Å². The molecule has 1 fully saturated rings. The molecule has 1 aliphatic heterocycles. The summed E-state index contributed by atoms with van der Waals surface area (Å²) in [5.41, 5.74) is 0.337. The topological polar surface area (TPSA) is 41.6 Å². The molecule has 0 radical (unpaired) electrons. The number of carbonyl (C=O) groups excluding carboxylic acids is 1. The Labute approximate surface area is 123 Å². The fraction of sp³-hybridized carbons (Fsp3) is 0.533. The molecule has 2 rings (SSSR count). The average molecular weight is 298 g/mol. The normalized spacial score (nSPS) is 19.3. The highest BCUT2D eigenvalue weighted by Crippen LogP contribution is 2.27. The van der Waals surface area contributed by atoms with Crippen LogP contribution in [-0.4, -0.2) is 37.6 Å². The Hall–Kier alpha value is -1.69. The first-order valence-electron chi connectivity index (χ1n) is 7.05. The third-order valence-electron chi connectivity index (χ3n) is 3.87. The second kappa shape index (κ2) is 6.85. The maximum Gasteiger partial charge on any atom is 0.237 e. The van der Waals surface area contributed by atoms with Gasteiger partial charge in [-0.25, -0.2) is 8.78 Å². The van der Waals surface area contributed by atoms with Crippen molar-refractivity contribution in [3.8, 4) is 5.75 Å². The van der Waals surface area contributed by atoms with Gasteiger partial charge in [-0.1, -0.05) is 12.5 Å². The fourth-order valence-corrected chi connectivity index (χ4v) is 2.75. The summed E-state index contributed by atoms with van der Waals surface area (Å²) in [5, 5.41) is 2.64. The zero-order chi connectivity index (χ0) is 15.4. The molecule has 1 saturated heterocycles. The van der Waals surface area contributed by atoms with Crippen molar-refractivity contribution in [1.82, 2.24) is 10.2 Å². The van der Waals surface area contributed by atoms with Crippen LogP contribution in [-0.2, 0) is 11.3 Å². The number of hydrogen-bond acceptors (Lipinski definition) is 3. The highest BCUT2D eigenvalue weighted by molar-refractivity contribution is 5.81. The van der Waals surface area contributed by atoms with Gasteiger partial charge in [0.2, 0.25) is 5.91 Å². The molecular weight excluding hydrogens is 278 g/mol. The summed E-state index contributed by atoms with van der Waals surface area (Å²) in [7, 11) is 2.83. The molecule has 1 atom stereocenters. The monoisotopic (exact) mass is 298 g/mol. The van der Waals surface area contributed by atoms with Crippen LogP contribution in [0, 0.1) is 11.6 Å². The number of halogens is 2. The third kappa shape index (κ3) is 3.32. The SMILES string of the molecule is CNC(=O)[C@H]1CCCCN1Cc1ccc(F)c(OC)c1F. The predicted octanol–water partition coefficient (Wildman–Crippen LogP) is 2.07. The minimum Gasteiger partial charge on any atom is -0.491 e. The molecule has 0 unspecified atom stereocenters. The summed E-state index contributed by atoms with van der Waals surface area (Å²) in [5.74, 6) is -1.86. The first-order valence-corrected chi connectivity index (χ1v) is 7.05. The van der Waals surface area contributed by atoms with Crippen molar-refractivity contribution < 1.29 is 18.3 Å². The molecule has 0 saturated carbocycles. The zero-order valence-corrected chi connectivity index (χ0v) is 12.3. The summed E-state index contributed by atoms with van der Waals surface area (Å²) < 4.78 is 32.4. The summed E-state index contributed by atoms with van der Waals surface area (Å²) >= 11 is 0. The molecule has 1 amide bonds. The van der Waals surface area contributed by atoms with Gasteiger partial charge in [0.25, 0.3) is 0 Å². The lowest BCUT2D eigenvalue weighted by atomic mass is 10.00.